The predicted octanol–water partition coefficient (Wildman–Crippen LogP) is 2.92. The Morgan fingerprint density at radius 3 is 2.77 bits per heavy atom. The molecule has 5 rings (SSSR count). The number of aromatic nitrogens is 4. The molecule has 2 N–H and O–H groups in total. The van der Waals surface area contributed by atoms with Gasteiger partial charge in [0.2, 0.25) is 11.8 Å². The van der Waals surface area contributed by atoms with Crippen molar-refractivity contribution in [2.75, 3.05) is 55.4 Å². The predicted molar refractivity (Wildman–Crippen MR) is 145 cm³/mol. The van der Waals surface area contributed by atoms with Crippen LogP contribution in [0.3, 0.4) is 0 Å². The molecule has 5 heterocycles. The standard InChI is InChI=1S/C26H36FN9O4/c1-3-39-23-15-29-22(14-30-23)32-25(37)34(2)20-16-36(12-8-19(20)27)24-28-9-6-21(31-24)33-26(38)40-18-7-11-35-10-4-5-17(35)13-18/h6,9,14-15,17-20H,3-5,7-8,10-13,16H2,1-2H3,(H,29,32,37)(H,28,31,33,38)/t17-,18+,19+,20-/m0/s1. The van der Waals surface area contributed by atoms with Crippen LogP contribution in [0.5, 0.6) is 5.88 Å². The molecule has 0 aromatic carbocycles. The zero-order valence-corrected chi connectivity index (χ0v) is 22.8. The van der Waals surface area contributed by atoms with E-state index < -0.39 is 24.3 Å². The highest BCUT2D eigenvalue weighted by molar-refractivity contribution is 5.88. The number of nitrogens with one attached hydrogen (secondary N) is 2. The Morgan fingerprint density at radius 2 is 1.98 bits per heavy atom. The smallest absolute Gasteiger partial charge is 0.413 e. The summed E-state index contributed by atoms with van der Waals surface area (Å²) >= 11 is 0. The highest BCUT2D eigenvalue weighted by atomic mass is 19.1. The maximum atomic E-state index is 15.0. The highest BCUT2D eigenvalue weighted by Gasteiger charge is 2.36. The van der Waals surface area contributed by atoms with E-state index in [4.69, 9.17) is 9.47 Å². The third-order valence-electron chi connectivity index (χ3n) is 7.67. The maximum Gasteiger partial charge on any atom is 0.413 e. The molecule has 0 spiro atoms. The first-order valence-electron chi connectivity index (χ1n) is 13.8. The van der Waals surface area contributed by atoms with Gasteiger partial charge >= 0.3 is 12.1 Å². The first kappa shape index (κ1) is 27.7. The summed E-state index contributed by atoms with van der Waals surface area (Å²) in [5, 5.41) is 5.34. The maximum absolute atomic E-state index is 15.0. The van der Waals surface area contributed by atoms with Crippen LogP contribution in [0.4, 0.5) is 31.6 Å². The van der Waals surface area contributed by atoms with E-state index in [0.29, 0.717) is 36.8 Å². The number of halogens is 1. The molecule has 2 aromatic heterocycles. The minimum absolute atomic E-state index is 0.111. The van der Waals surface area contributed by atoms with Crippen molar-refractivity contribution >= 4 is 29.7 Å². The van der Waals surface area contributed by atoms with E-state index in [-0.39, 0.29) is 24.9 Å². The summed E-state index contributed by atoms with van der Waals surface area (Å²) in [6.45, 7) is 4.90. The largest absolute Gasteiger partial charge is 0.477 e. The van der Waals surface area contributed by atoms with E-state index >= 15 is 0 Å². The number of urea groups is 1. The van der Waals surface area contributed by atoms with Gasteiger partial charge in [0.25, 0.3) is 0 Å². The molecule has 4 atom stereocenters. The van der Waals surface area contributed by atoms with E-state index in [2.05, 4.69) is 35.5 Å². The second-order valence-electron chi connectivity index (χ2n) is 10.3. The van der Waals surface area contributed by atoms with Crippen molar-refractivity contribution in [2.24, 2.45) is 0 Å². The van der Waals surface area contributed by atoms with Crippen molar-refractivity contribution in [3.63, 3.8) is 0 Å². The Kier molecular flexibility index (Phi) is 8.72. The summed E-state index contributed by atoms with van der Waals surface area (Å²) in [7, 11) is 1.53. The molecule has 2 aromatic rings. The van der Waals surface area contributed by atoms with Gasteiger partial charge in [-0.15, -0.1) is 0 Å². The van der Waals surface area contributed by atoms with E-state index in [9.17, 15) is 14.0 Å². The summed E-state index contributed by atoms with van der Waals surface area (Å²) in [4.78, 5) is 48.0. The molecule has 0 aliphatic carbocycles. The number of anilines is 3. The van der Waals surface area contributed by atoms with E-state index in [1.165, 1.54) is 37.0 Å². The fraction of sp³-hybridized carbons (Fsp3) is 0.615. The normalized spacial score (nSPS) is 24.6. The number of hydrogen-bond donors (Lipinski definition) is 2. The first-order valence-corrected chi connectivity index (χ1v) is 13.8. The Balaban J connectivity index is 1.16. The van der Waals surface area contributed by atoms with Crippen LogP contribution in [0.25, 0.3) is 0 Å². The number of hydrogen-bond acceptors (Lipinski definition) is 10. The summed E-state index contributed by atoms with van der Waals surface area (Å²) in [6, 6.07) is 0.811. The van der Waals surface area contributed by atoms with Gasteiger partial charge in [0.15, 0.2) is 5.82 Å². The van der Waals surface area contributed by atoms with Crippen LogP contribution in [-0.4, -0.2) is 106 Å². The minimum atomic E-state index is -1.24. The minimum Gasteiger partial charge on any atom is -0.477 e. The quantitative estimate of drug-likeness (QED) is 0.523. The second-order valence-corrected chi connectivity index (χ2v) is 10.3. The Morgan fingerprint density at radius 1 is 1.10 bits per heavy atom. The summed E-state index contributed by atoms with van der Waals surface area (Å²) in [6.07, 6.45) is 6.65. The molecule has 0 radical (unpaired) electrons. The van der Waals surface area contributed by atoms with Gasteiger partial charge in [0.05, 0.1) is 25.0 Å². The number of rotatable bonds is 7. The number of ether oxygens (including phenoxy) is 2. The lowest BCUT2D eigenvalue weighted by Gasteiger charge is -2.39. The van der Waals surface area contributed by atoms with Gasteiger partial charge in [-0.1, -0.05) is 0 Å². The molecule has 14 heteroatoms. The lowest BCUT2D eigenvalue weighted by Crippen LogP contribution is -2.55. The zero-order valence-electron chi connectivity index (χ0n) is 22.8. The third kappa shape index (κ3) is 6.66. The lowest BCUT2D eigenvalue weighted by molar-refractivity contribution is 0.0438. The number of amides is 3. The number of likely N-dealkylation sites (N-methyl/N-ethyl adjacent to an activating group) is 1. The number of nitrogens with zero attached hydrogens (tertiary/aromatic N) is 7. The van der Waals surface area contributed by atoms with Crippen molar-refractivity contribution in [3.05, 3.63) is 24.7 Å². The number of fused-ring (bicyclic) bond motifs is 1. The Bertz CT molecular complexity index is 1170. The summed E-state index contributed by atoms with van der Waals surface area (Å²) in [5.41, 5.74) is 0. The highest BCUT2D eigenvalue weighted by Crippen LogP contribution is 2.29. The van der Waals surface area contributed by atoms with Crippen molar-refractivity contribution in [1.82, 2.24) is 29.7 Å². The molecule has 0 bridgehead atoms. The molecular formula is C26H36FN9O4. The number of piperidine rings is 2. The number of carbonyl (C=O) groups excluding carboxylic acids is 2. The molecular weight excluding hydrogens is 521 g/mol. The molecule has 216 valence electrons. The van der Waals surface area contributed by atoms with Crippen LogP contribution in [0.15, 0.2) is 24.7 Å². The van der Waals surface area contributed by atoms with E-state index in [1.807, 2.05) is 6.92 Å². The molecule has 3 amide bonds. The fourth-order valence-electron chi connectivity index (χ4n) is 5.55. The van der Waals surface area contributed by atoms with Gasteiger partial charge in [0, 0.05) is 45.3 Å². The number of alkyl halides is 1. The molecule has 3 aliphatic rings. The van der Waals surface area contributed by atoms with Crippen LogP contribution in [0, 0.1) is 0 Å². The Labute approximate surface area is 232 Å². The average Bonchev–Trinajstić information content (AvgIpc) is 3.42. The fourth-order valence-corrected chi connectivity index (χ4v) is 5.55. The van der Waals surface area contributed by atoms with Gasteiger partial charge < -0.3 is 24.2 Å². The van der Waals surface area contributed by atoms with Crippen LogP contribution in [0.2, 0.25) is 0 Å². The van der Waals surface area contributed by atoms with Crippen molar-refractivity contribution in [1.29, 1.82) is 0 Å². The molecule has 3 saturated heterocycles. The van der Waals surface area contributed by atoms with Crippen molar-refractivity contribution in [3.8, 4) is 5.88 Å². The monoisotopic (exact) mass is 557 g/mol. The SMILES string of the molecule is CCOc1cnc(NC(=O)N(C)[C@H]2CN(c3nccc(NC(=O)O[C@@H]4CCN5CCC[C@H]5C4)n3)CC[C@H]2F)cn1. The molecule has 3 aliphatic heterocycles. The van der Waals surface area contributed by atoms with Crippen LogP contribution < -0.4 is 20.3 Å². The topological polar surface area (TPSA) is 138 Å². The average molecular weight is 558 g/mol. The van der Waals surface area contributed by atoms with Crippen molar-refractivity contribution < 1.29 is 23.5 Å². The zero-order chi connectivity index (χ0) is 28.1. The van der Waals surface area contributed by atoms with E-state index in [0.717, 1.165) is 32.4 Å². The van der Waals surface area contributed by atoms with Gasteiger partial charge in [-0.05, 0) is 45.2 Å². The summed E-state index contributed by atoms with van der Waals surface area (Å²) < 4.78 is 25.9. The van der Waals surface area contributed by atoms with E-state index in [1.54, 1.807) is 11.0 Å². The van der Waals surface area contributed by atoms with Gasteiger partial charge in [-0.3, -0.25) is 10.6 Å². The molecule has 3 fully saturated rings. The van der Waals surface area contributed by atoms with Crippen molar-refractivity contribution in [2.45, 2.75) is 63.4 Å². The van der Waals surface area contributed by atoms with Gasteiger partial charge in [-0.2, -0.15) is 4.98 Å². The van der Waals surface area contributed by atoms with Gasteiger partial charge in [0.1, 0.15) is 18.1 Å². The Hall–Kier alpha value is -3.81. The molecule has 0 unspecified atom stereocenters. The third-order valence-corrected chi connectivity index (χ3v) is 7.67. The van der Waals surface area contributed by atoms with Crippen LogP contribution in [0.1, 0.15) is 39.0 Å². The van der Waals surface area contributed by atoms with Crippen LogP contribution in [-0.2, 0) is 4.74 Å². The van der Waals surface area contributed by atoms with Gasteiger partial charge in [-0.25, -0.2) is 28.9 Å². The number of carbonyl (C=O) groups is 2. The first-order chi connectivity index (χ1) is 19.4. The molecule has 0 saturated carbocycles. The summed E-state index contributed by atoms with van der Waals surface area (Å²) in [5.74, 6) is 1.21. The lowest BCUT2D eigenvalue weighted by atomic mass is 10.00. The molecule has 13 nitrogen and oxygen atoms in total. The van der Waals surface area contributed by atoms with Crippen LogP contribution >= 0.6 is 0 Å². The molecule has 40 heavy (non-hydrogen) atoms. The second kappa shape index (κ2) is 12.6.